The maximum atomic E-state index is 13.4. The van der Waals surface area contributed by atoms with E-state index >= 15 is 0 Å². The number of aryl methyl sites for hydroxylation is 3. The zero-order valence-corrected chi connectivity index (χ0v) is 18.7. The molecular formula is C22H21ClN4O3S. The number of carbonyl (C=O) groups is 2. The van der Waals surface area contributed by atoms with E-state index < -0.39 is 17.7 Å². The Morgan fingerprint density at radius 3 is 2.74 bits per heavy atom. The van der Waals surface area contributed by atoms with Crippen LogP contribution in [-0.2, 0) is 11.3 Å². The molecule has 160 valence electrons. The van der Waals surface area contributed by atoms with Crippen LogP contribution in [0.1, 0.15) is 38.4 Å². The number of thiazole rings is 1. The number of aliphatic hydroxyl groups is 1. The summed E-state index contributed by atoms with van der Waals surface area (Å²) in [6, 6.07) is 6.31. The highest BCUT2D eigenvalue weighted by Gasteiger charge is 2.44. The molecule has 31 heavy (non-hydrogen) atoms. The van der Waals surface area contributed by atoms with Gasteiger partial charge in [-0.25, -0.2) is 9.97 Å². The van der Waals surface area contributed by atoms with Crippen molar-refractivity contribution in [3.05, 3.63) is 80.5 Å². The highest BCUT2D eigenvalue weighted by atomic mass is 35.5. The number of Topliss-reactive ketones (excluding diaryl/α,β-unsaturated/α-hetero) is 1. The normalized spacial score (nSPS) is 16.4. The molecule has 0 fully saturated rings. The zero-order valence-electron chi connectivity index (χ0n) is 17.1. The molecule has 0 saturated heterocycles. The van der Waals surface area contributed by atoms with E-state index in [0.29, 0.717) is 40.7 Å². The van der Waals surface area contributed by atoms with E-state index in [1.807, 2.05) is 23.8 Å². The first kappa shape index (κ1) is 21.3. The van der Waals surface area contributed by atoms with E-state index in [9.17, 15) is 14.7 Å². The molecule has 9 heteroatoms. The number of benzene rings is 1. The lowest BCUT2D eigenvalue weighted by molar-refractivity contribution is -0.129. The molecule has 0 bridgehead atoms. The maximum Gasteiger partial charge on any atom is 0.290 e. The van der Waals surface area contributed by atoms with Crippen LogP contribution in [0.25, 0.3) is 0 Å². The van der Waals surface area contributed by atoms with E-state index in [4.69, 9.17) is 11.6 Å². The molecule has 1 amide bonds. The zero-order chi connectivity index (χ0) is 22.1. The Kier molecular flexibility index (Phi) is 5.93. The topological polar surface area (TPSA) is 88.3 Å². The van der Waals surface area contributed by atoms with Crippen LogP contribution in [0.3, 0.4) is 0 Å². The molecule has 3 aromatic rings. The third kappa shape index (κ3) is 4.13. The number of halogens is 1. The number of hydrogen-bond donors (Lipinski definition) is 1. The third-order valence-electron chi connectivity index (χ3n) is 5.20. The number of aromatic nitrogens is 3. The molecule has 1 atom stereocenters. The van der Waals surface area contributed by atoms with Crippen LogP contribution in [0.15, 0.2) is 54.3 Å². The molecule has 0 radical (unpaired) electrons. The number of hydrogen-bond acceptors (Lipinski definition) is 6. The summed E-state index contributed by atoms with van der Waals surface area (Å²) in [4.78, 5) is 36.8. The van der Waals surface area contributed by atoms with Gasteiger partial charge in [0.05, 0.1) is 33.5 Å². The predicted molar refractivity (Wildman–Crippen MR) is 118 cm³/mol. The van der Waals surface area contributed by atoms with Crippen molar-refractivity contribution in [1.82, 2.24) is 19.4 Å². The lowest BCUT2D eigenvalue weighted by atomic mass is 9.95. The van der Waals surface area contributed by atoms with Crippen molar-refractivity contribution in [2.75, 3.05) is 6.54 Å². The first-order chi connectivity index (χ1) is 14.9. The molecule has 1 aliphatic heterocycles. The third-order valence-corrected chi connectivity index (χ3v) is 6.50. The van der Waals surface area contributed by atoms with Gasteiger partial charge < -0.3 is 14.6 Å². The number of imidazole rings is 1. The summed E-state index contributed by atoms with van der Waals surface area (Å²) < 4.78 is 1.91. The highest BCUT2D eigenvalue weighted by molar-refractivity contribution is 7.14. The van der Waals surface area contributed by atoms with Crippen molar-refractivity contribution in [2.24, 2.45) is 0 Å². The van der Waals surface area contributed by atoms with Gasteiger partial charge in [-0.05, 0) is 38.0 Å². The Morgan fingerprint density at radius 2 is 2.10 bits per heavy atom. The molecule has 3 heterocycles. The van der Waals surface area contributed by atoms with Gasteiger partial charge in [0, 0.05) is 30.5 Å². The molecule has 0 spiro atoms. The summed E-state index contributed by atoms with van der Waals surface area (Å²) in [6.07, 6.45) is 5.88. The van der Waals surface area contributed by atoms with Crippen molar-refractivity contribution < 1.29 is 14.7 Å². The lowest BCUT2D eigenvalue weighted by Gasteiger charge is -2.27. The van der Waals surface area contributed by atoms with E-state index in [-0.39, 0.29) is 11.4 Å². The van der Waals surface area contributed by atoms with Crippen molar-refractivity contribution in [3.8, 4) is 0 Å². The van der Waals surface area contributed by atoms with E-state index in [1.165, 1.54) is 16.2 Å². The van der Waals surface area contributed by atoms with E-state index in [0.717, 1.165) is 5.01 Å². The molecule has 0 saturated carbocycles. The van der Waals surface area contributed by atoms with E-state index in [1.54, 1.807) is 37.6 Å². The first-order valence-corrected chi connectivity index (χ1v) is 11.0. The van der Waals surface area contributed by atoms with Gasteiger partial charge in [-0.3, -0.25) is 9.59 Å². The van der Waals surface area contributed by atoms with Crippen molar-refractivity contribution in [3.63, 3.8) is 0 Å². The molecule has 2 aromatic heterocycles. The molecule has 0 unspecified atom stereocenters. The first-order valence-electron chi connectivity index (χ1n) is 9.81. The van der Waals surface area contributed by atoms with Crippen LogP contribution in [-0.4, -0.2) is 42.8 Å². The number of amides is 1. The van der Waals surface area contributed by atoms with Gasteiger partial charge in [-0.15, -0.1) is 11.3 Å². The molecule has 7 nitrogen and oxygen atoms in total. The van der Waals surface area contributed by atoms with Crippen molar-refractivity contribution >= 4 is 34.6 Å². The van der Waals surface area contributed by atoms with E-state index in [2.05, 4.69) is 9.97 Å². The maximum absolute atomic E-state index is 13.4. The average molecular weight is 457 g/mol. The number of rotatable bonds is 7. The minimum Gasteiger partial charge on any atom is -0.503 e. The van der Waals surface area contributed by atoms with Gasteiger partial charge in [-0.1, -0.05) is 23.7 Å². The van der Waals surface area contributed by atoms with Crippen LogP contribution in [0, 0.1) is 13.8 Å². The van der Waals surface area contributed by atoms with Gasteiger partial charge in [0.25, 0.3) is 5.91 Å². The van der Waals surface area contributed by atoms with Gasteiger partial charge in [-0.2, -0.15) is 0 Å². The van der Waals surface area contributed by atoms with Crippen LogP contribution in [0.4, 0.5) is 0 Å². The summed E-state index contributed by atoms with van der Waals surface area (Å²) in [7, 11) is 0. The fourth-order valence-corrected chi connectivity index (χ4v) is 4.92. The minimum absolute atomic E-state index is 0.0710. The second-order valence-corrected chi connectivity index (χ2v) is 8.99. The van der Waals surface area contributed by atoms with Crippen molar-refractivity contribution in [1.29, 1.82) is 0 Å². The van der Waals surface area contributed by atoms with Gasteiger partial charge in [0.15, 0.2) is 5.76 Å². The van der Waals surface area contributed by atoms with Gasteiger partial charge in [0.2, 0.25) is 5.78 Å². The number of aliphatic hydroxyl groups excluding tert-OH is 1. The lowest BCUT2D eigenvalue weighted by Crippen LogP contribution is -2.32. The monoisotopic (exact) mass is 456 g/mol. The molecule has 4 rings (SSSR count). The molecule has 1 aliphatic rings. The summed E-state index contributed by atoms with van der Waals surface area (Å²) >= 11 is 7.46. The highest BCUT2D eigenvalue weighted by Crippen LogP contribution is 2.40. The standard InChI is InChI=1S/C22H21ClN4O3S/c1-13-21(31-14(2)25-13)19(28)17-18(15-5-3-6-16(23)11-15)27(22(30)20(17)29)9-4-8-26-10-7-24-12-26/h3,5-7,10-12,18,29H,4,8-9H2,1-2H3/t18-/m0/s1. The fraction of sp³-hybridized carbons (Fsp3) is 0.273. The summed E-state index contributed by atoms with van der Waals surface area (Å²) in [6.45, 7) is 4.58. The number of nitrogens with zero attached hydrogens (tertiary/aromatic N) is 4. The van der Waals surface area contributed by atoms with Gasteiger partial charge in [0.1, 0.15) is 0 Å². The Hall–Kier alpha value is -2.97. The number of carbonyl (C=O) groups excluding carboxylic acids is 2. The Morgan fingerprint density at radius 1 is 1.29 bits per heavy atom. The fourth-order valence-electron chi connectivity index (χ4n) is 3.85. The predicted octanol–water partition coefficient (Wildman–Crippen LogP) is 4.28. The summed E-state index contributed by atoms with van der Waals surface area (Å²) in [5, 5.41) is 12.0. The van der Waals surface area contributed by atoms with Gasteiger partial charge >= 0.3 is 0 Å². The Balaban J connectivity index is 1.70. The Labute approximate surface area is 188 Å². The molecule has 0 aliphatic carbocycles. The van der Waals surface area contributed by atoms with Crippen LogP contribution < -0.4 is 0 Å². The molecule has 1 aromatic carbocycles. The largest absolute Gasteiger partial charge is 0.503 e. The summed E-state index contributed by atoms with van der Waals surface area (Å²) in [5.41, 5.74) is 1.33. The smallest absolute Gasteiger partial charge is 0.290 e. The molecular weight excluding hydrogens is 436 g/mol. The van der Waals surface area contributed by atoms with Crippen LogP contribution >= 0.6 is 22.9 Å². The second-order valence-electron chi connectivity index (χ2n) is 7.35. The van der Waals surface area contributed by atoms with Crippen molar-refractivity contribution in [2.45, 2.75) is 32.9 Å². The summed E-state index contributed by atoms with van der Waals surface area (Å²) in [5.74, 6) is -1.45. The second kappa shape index (κ2) is 8.64. The minimum atomic E-state index is -0.719. The Bertz CT molecular complexity index is 1170. The average Bonchev–Trinajstić information content (AvgIpc) is 3.42. The SMILES string of the molecule is Cc1nc(C)c(C(=O)C2=C(O)C(=O)N(CCCn3ccnc3)[C@H]2c2cccc(Cl)c2)s1. The van der Waals surface area contributed by atoms with Crippen LogP contribution in [0.2, 0.25) is 5.02 Å². The molecule has 1 N–H and O–H groups in total. The quantitative estimate of drug-likeness (QED) is 0.536. The van der Waals surface area contributed by atoms with Crippen LogP contribution in [0.5, 0.6) is 0 Å². The number of ketones is 1.